The van der Waals surface area contributed by atoms with E-state index in [1.165, 1.54) is 25.5 Å². The minimum Gasteiger partial charge on any atom is -0.494 e. The van der Waals surface area contributed by atoms with Gasteiger partial charge in [-0.1, -0.05) is 0 Å². The summed E-state index contributed by atoms with van der Waals surface area (Å²) in [6, 6.07) is 4.04. The lowest BCUT2D eigenvalue weighted by Crippen LogP contribution is -2.34. The van der Waals surface area contributed by atoms with Gasteiger partial charge in [0, 0.05) is 18.4 Å². The standard InChI is InChI=1S/C13H18FNO3S/c1-18-12-8-9(14)6-7-10(12)15-11-4-3-5-13(11)19(2,16)17/h6-8,11,13,15H,3-5H2,1-2H3. The predicted octanol–water partition coefficient (Wildman–Crippen LogP) is 2.21. The second kappa shape index (κ2) is 5.36. The summed E-state index contributed by atoms with van der Waals surface area (Å²) in [4.78, 5) is 0. The number of benzene rings is 1. The molecule has 1 aromatic carbocycles. The van der Waals surface area contributed by atoms with Crippen molar-refractivity contribution in [2.75, 3.05) is 18.7 Å². The first-order chi connectivity index (χ1) is 8.91. The van der Waals surface area contributed by atoms with Gasteiger partial charge in [-0.05, 0) is 31.4 Å². The van der Waals surface area contributed by atoms with Crippen LogP contribution < -0.4 is 10.1 Å². The van der Waals surface area contributed by atoms with Crippen molar-refractivity contribution in [1.82, 2.24) is 0 Å². The average Bonchev–Trinajstić information content (AvgIpc) is 2.79. The number of ether oxygens (including phenoxy) is 1. The van der Waals surface area contributed by atoms with Gasteiger partial charge in [-0.15, -0.1) is 0 Å². The number of sulfone groups is 1. The highest BCUT2D eigenvalue weighted by molar-refractivity contribution is 7.91. The molecule has 0 aromatic heterocycles. The maximum Gasteiger partial charge on any atom is 0.152 e. The maximum absolute atomic E-state index is 13.1. The van der Waals surface area contributed by atoms with E-state index in [0.29, 0.717) is 17.9 Å². The predicted molar refractivity (Wildman–Crippen MR) is 72.8 cm³/mol. The van der Waals surface area contributed by atoms with Gasteiger partial charge in [0.15, 0.2) is 9.84 Å². The zero-order valence-corrected chi connectivity index (χ0v) is 11.8. The lowest BCUT2D eigenvalue weighted by molar-refractivity contribution is 0.412. The van der Waals surface area contributed by atoms with E-state index in [2.05, 4.69) is 5.32 Å². The van der Waals surface area contributed by atoms with E-state index in [-0.39, 0.29) is 17.1 Å². The molecule has 1 aromatic rings. The highest BCUT2D eigenvalue weighted by Gasteiger charge is 2.35. The van der Waals surface area contributed by atoms with Crippen molar-refractivity contribution in [2.24, 2.45) is 0 Å². The third-order valence-electron chi connectivity index (χ3n) is 3.51. The molecule has 1 aliphatic rings. The zero-order chi connectivity index (χ0) is 14.0. The Labute approximate surface area is 112 Å². The molecule has 0 saturated heterocycles. The van der Waals surface area contributed by atoms with Crippen LogP contribution in [0.25, 0.3) is 0 Å². The normalized spacial score (nSPS) is 23.3. The summed E-state index contributed by atoms with van der Waals surface area (Å²) in [5.41, 5.74) is 0.629. The maximum atomic E-state index is 13.1. The fraction of sp³-hybridized carbons (Fsp3) is 0.538. The minimum atomic E-state index is -3.08. The monoisotopic (exact) mass is 287 g/mol. The highest BCUT2D eigenvalue weighted by Crippen LogP contribution is 2.32. The summed E-state index contributed by atoms with van der Waals surface area (Å²) < 4.78 is 41.6. The van der Waals surface area contributed by atoms with E-state index >= 15 is 0 Å². The Kier molecular flexibility index (Phi) is 3.99. The number of methoxy groups -OCH3 is 1. The molecule has 2 rings (SSSR count). The van der Waals surface area contributed by atoms with Gasteiger partial charge in [0.05, 0.1) is 18.0 Å². The first-order valence-electron chi connectivity index (χ1n) is 6.21. The van der Waals surface area contributed by atoms with Gasteiger partial charge in [-0.25, -0.2) is 12.8 Å². The van der Waals surface area contributed by atoms with Crippen LogP contribution in [-0.4, -0.2) is 33.1 Å². The zero-order valence-electron chi connectivity index (χ0n) is 11.0. The van der Waals surface area contributed by atoms with Crippen molar-refractivity contribution in [3.63, 3.8) is 0 Å². The second-order valence-electron chi connectivity index (χ2n) is 4.89. The van der Waals surface area contributed by atoms with Crippen molar-refractivity contribution in [2.45, 2.75) is 30.6 Å². The van der Waals surface area contributed by atoms with Gasteiger partial charge in [-0.3, -0.25) is 0 Å². The average molecular weight is 287 g/mol. The smallest absolute Gasteiger partial charge is 0.152 e. The largest absolute Gasteiger partial charge is 0.494 e. The van der Waals surface area contributed by atoms with E-state index < -0.39 is 9.84 Å². The SMILES string of the molecule is COc1cc(F)ccc1NC1CCCC1S(C)(=O)=O. The summed E-state index contributed by atoms with van der Waals surface area (Å²) in [5.74, 6) is 0.00707. The molecule has 106 valence electrons. The first-order valence-corrected chi connectivity index (χ1v) is 8.16. The Hall–Kier alpha value is -1.30. The van der Waals surface area contributed by atoms with Crippen LogP contribution in [-0.2, 0) is 9.84 Å². The Bertz CT molecular complexity index is 559. The van der Waals surface area contributed by atoms with E-state index in [1.54, 1.807) is 6.07 Å². The Morgan fingerprint density at radius 2 is 2.11 bits per heavy atom. The summed E-state index contributed by atoms with van der Waals surface area (Å²) in [7, 11) is -1.62. The summed E-state index contributed by atoms with van der Waals surface area (Å²) in [6.45, 7) is 0. The van der Waals surface area contributed by atoms with Crippen LogP contribution in [0.1, 0.15) is 19.3 Å². The third-order valence-corrected chi connectivity index (χ3v) is 5.17. The quantitative estimate of drug-likeness (QED) is 0.922. The van der Waals surface area contributed by atoms with E-state index in [0.717, 1.165) is 12.8 Å². The fourth-order valence-corrected chi connectivity index (χ4v) is 3.98. The number of hydrogen-bond acceptors (Lipinski definition) is 4. The molecule has 2 unspecified atom stereocenters. The van der Waals surface area contributed by atoms with E-state index in [9.17, 15) is 12.8 Å². The highest BCUT2D eigenvalue weighted by atomic mass is 32.2. The number of rotatable bonds is 4. The first kappa shape index (κ1) is 14.1. The van der Waals surface area contributed by atoms with Crippen LogP contribution in [0.15, 0.2) is 18.2 Å². The Morgan fingerprint density at radius 3 is 2.74 bits per heavy atom. The molecular weight excluding hydrogens is 269 g/mol. The van der Waals surface area contributed by atoms with Crippen molar-refractivity contribution >= 4 is 15.5 Å². The Morgan fingerprint density at radius 1 is 1.37 bits per heavy atom. The van der Waals surface area contributed by atoms with E-state index in [1.807, 2.05) is 0 Å². The topological polar surface area (TPSA) is 55.4 Å². The lowest BCUT2D eigenvalue weighted by atomic mass is 10.2. The minimum absolute atomic E-state index is 0.144. The fourth-order valence-electron chi connectivity index (χ4n) is 2.59. The van der Waals surface area contributed by atoms with Crippen molar-refractivity contribution < 1.29 is 17.5 Å². The number of hydrogen-bond donors (Lipinski definition) is 1. The van der Waals surface area contributed by atoms with Gasteiger partial charge in [0.1, 0.15) is 11.6 Å². The molecule has 6 heteroatoms. The van der Waals surface area contributed by atoms with Crippen LogP contribution in [0.5, 0.6) is 5.75 Å². The molecule has 4 nitrogen and oxygen atoms in total. The summed E-state index contributed by atoms with van der Waals surface area (Å²) >= 11 is 0. The molecule has 0 bridgehead atoms. The lowest BCUT2D eigenvalue weighted by Gasteiger charge is -2.22. The van der Waals surface area contributed by atoms with Crippen LogP contribution >= 0.6 is 0 Å². The third kappa shape index (κ3) is 3.18. The molecule has 0 aliphatic heterocycles. The number of nitrogens with one attached hydrogen (secondary N) is 1. The van der Waals surface area contributed by atoms with Crippen molar-refractivity contribution in [1.29, 1.82) is 0 Å². The molecule has 1 fully saturated rings. The van der Waals surface area contributed by atoms with Crippen molar-refractivity contribution in [3.05, 3.63) is 24.0 Å². The summed E-state index contributed by atoms with van der Waals surface area (Å²) in [5, 5.41) is 2.79. The molecule has 1 saturated carbocycles. The van der Waals surface area contributed by atoms with Gasteiger partial charge in [0.25, 0.3) is 0 Å². The number of halogens is 1. The van der Waals surface area contributed by atoms with Crippen LogP contribution in [0.2, 0.25) is 0 Å². The molecule has 0 radical (unpaired) electrons. The van der Waals surface area contributed by atoms with Crippen molar-refractivity contribution in [3.8, 4) is 5.75 Å². The van der Waals surface area contributed by atoms with Gasteiger partial charge in [-0.2, -0.15) is 0 Å². The Balaban J connectivity index is 2.21. The van der Waals surface area contributed by atoms with Crippen LogP contribution in [0.4, 0.5) is 10.1 Å². The molecule has 0 spiro atoms. The van der Waals surface area contributed by atoms with E-state index in [4.69, 9.17) is 4.74 Å². The van der Waals surface area contributed by atoms with Gasteiger partial charge in [0.2, 0.25) is 0 Å². The molecule has 2 atom stereocenters. The van der Waals surface area contributed by atoms with Crippen LogP contribution in [0.3, 0.4) is 0 Å². The molecule has 1 N–H and O–H groups in total. The summed E-state index contributed by atoms with van der Waals surface area (Å²) in [6.07, 6.45) is 3.59. The molecule has 0 amide bonds. The van der Waals surface area contributed by atoms with Crippen LogP contribution in [0, 0.1) is 5.82 Å². The molecular formula is C13H18FNO3S. The van der Waals surface area contributed by atoms with Gasteiger partial charge >= 0.3 is 0 Å². The second-order valence-corrected chi connectivity index (χ2v) is 7.16. The molecule has 0 heterocycles. The molecule has 19 heavy (non-hydrogen) atoms. The van der Waals surface area contributed by atoms with Gasteiger partial charge < -0.3 is 10.1 Å². The number of anilines is 1. The molecule has 1 aliphatic carbocycles.